The lowest BCUT2D eigenvalue weighted by molar-refractivity contribution is 0.0974. The van der Waals surface area contributed by atoms with E-state index in [4.69, 9.17) is 0 Å². The summed E-state index contributed by atoms with van der Waals surface area (Å²) in [6, 6.07) is 3.83. The molecule has 0 N–H and O–H groups in total. The summed E-state index contributed by atoms with van der Waals surface area (Å²) in [5.41, 5.74) is 0.894. The van der Waals surface area contributed by atoms with Crippen molar-refractivity contribution in [3.63, 3.8) is 0 Å². The fourth-order valence-corrected chi connectivity index (χ4v) is 3.42. The van der Waals surface area contributed by atoms with Crippen molar-refractivity contribution < 1.29 is 4.79 Å². The molecular formula is C13H15NO2S2. The molecule has 0 saturated heterocycles. The third kappa shape index (κ3) is 2.47. The van der Waals surface area contributed by atoms with E-state index < -0.39 is 0 Å². The molecule has 0 fully saturated rings. The Morgan fingerprint density at radius 1 is 1.28 bits per heavy atom. The number of aromatic nitrogens is 1. The third-order valence-corrected chi connectivity index (χ3v) is 5.23. The first-order chi connectivity index (χ1) is 8.52. The van der Waals surface area contributed by atoms with Gasteiger partial charge in [-0.1, -0.05) is 18.3 Å². The number of aryl methyl sites for hydroxylation is 2. The van der Waals surface area contributed by atoms with Crippen molar-refractivity contribution in [2.75, 3.05) is 0 Å². The van der Waals surface area contributed by atoms with Crippen molar-refractivity contribution in [2.24, 2.45) is 0 Å². The second-order valence-electron chi connectivity index (χ2n) is 4.14. The van der Waals surface area contributed by atoms with Crippen LogP contribution in [0.1, 0.15) is 32.0 Å². The van der Waals surface area contributed by atoms with Gasteiger partial charge in [-0.2, -0.15) is 0 Å². The van der Waals surface area contributed by atoms with Crippen LogP contribution in [-0.4, -0.2) is 10.4 Å². The van der Waals surface area contributed by atoms with Gasteiger partial charge in [0.15, 0.2) is 5.78 Å². The van der Waals surface area contributed by atoms with Crippen LogP contribution in [0.4, 0.5) is 0 Å². The number of carbonyl (C=O) groups excluding carboxylic acids is 1. The maximum absolute atomic E-state index is 12.1. The highest BCUT2D eigenvalue weighted by atomic mass is 32.1. The van der Waals surface area contributed by atoms with Gasteiger partial charge in [-0.3, -0.25) is 14.2 Å². The highest BCUT2D eigenvalue weighted by molar-refractivity contribution is 7.14. The lowest BCUT2D eigenvalue weighted by atomic mass is 10.3. The van der Waals surface area contributed by atoms with E-state index in [1.807, 2.05) is 26.0 Å². The van der Waals surface area contributed by atoms with Gasteiger partial charge in [0.25, 0.3) is 0 Å². The average molecular weight is 281 g/mol. The van der Waals surface area contributed by atoms with Crippen molar-refractivity contribution in [2.45, 2.75) is 33.7 Å². The van der Waals surface area contributed by atoms with Crippen LogP contribution in [0.5, 0.6) is 0 Å². The second-order valence-corrected chi connectivity index (χ2v) is 6.47. The Labute approximate surface area is 114 Å². The maximum Gasteiger partial charge on any atom is 0.307 e. The number of thiophene rings is 1. The Morgan fingerprint density at radius 3 is 2.50 bits per heavy atom. The first-order valence-corrected chi connectivity index (χ1v) is 7.45. The van der Waals surface area contributed by atoms with Crippen molar-refractivity contribution in [1.29, 1.82) is 0 Å². The van der Waals surface area contributed by atoms with Gasteiger partial charge < -0.3 is 0 Å². The van der Waals surface area contributed by atoms with Gasteiger partial charge in [-0.25, -0.2) is 0 Å². The fraction of sp³-hybridized carbons (Fsp3) is 0.385. The van der Waals surface area contributed by atoms with Crippen LogP contribution in [-0.2, 0) is 13.0 Å². The van der Waals surface area contributed by atoms with Gasteiger partial charge in [0.2, 0.25) is 0 Å². The van der Waals surface area contributed by atoms with Crippen LogP contribution in [0.3, 0.4) is 0 Å². The first kappa shape index (κ1) is 13.2. The van der Waals surface area contributed by atoms with Gasteiger partial charge >= 0.3 is 4.87 Å². The topological polar surface area (TPSA) is 39.1 Å². The molecule has 0 aliphatic rings. The summed E-state index contributed by atoms with van der Waals surface area (Å²) in [6.45, 7) is 6.00. The van der Waals surface area contributed by atoms with Gasteiger partial charge in [-0.15, -0.1) is 11.3 Å². The predicted molar refractivity (Wildman–Crippen MR) is 76.1 cm³/mol. The molecule has 18 heavy (non-hydrogen) atoms. The van der Waals surface area contributed by atoms with Gasteiger partial charge in [-0.05, 0) is 32.4 Å². The first-order valence-electron chi connectivity index (χ1n) is 5.81. The normalized spacial score (nSPS) is 10.8. The molecule has 0 radical (unpaired) electrons. The predicted octanol–water partition coefficient (Wildman–Crippen LogP) is 3.03. The molecular weight excluding hydrogens is 266 g/mol. The molecule has 2 aromatic heterocycles. The number of nitrogens with zero attached hydrogens (tertiary/aromatic N) is 1. The molecule has 0 atom stereocenters. The highest BCUT2D eigenvalue weighted by Crippen LogP contribution is 2.18. The van der Waals surface area contributed by atoms with Crippen LogP contribution < -0.4 is 4.87 Å². The van der Waals surface area contributed by atoms with E-state index in [-0.39, 0.29) is 17.2 Å². The monoisotopic (exact) mass is 281 g/mol. The molecule has 3 nitrogen and oxygen atoms in total. The lowest BCUT2D eigenvalue weighted by Crippen LogP contribution is -2.20. The van der Waals surface area contributed by atoms with E-state index in [1.165, 1.54) is 27.6 Å². The van der Waals surface area contributed by atoms with Gasteiger partial charge in [0, 0.05) is 15.4 Å². The summed E-state index contributed by atoms with van der Waals surface area (Å²) in [6.07, 6.45) is 0.939. The summed E-state index contributed by atoms with van der Waals surface area (Å²) >= 11 is 2.72. The fourth-order valence-electron chi connectivity index (χ4n) is 1.71. The zero-order chi connectivity index (χ0) is 13.3. The molecule has 0 aliphatic carbocycles. The SMILES string of the molecule is CCc1ccc(C(=O)Cn2c(C)c(C)sc2=O)s1. The van der Waals surface area contributed by atoms with Crippen LogP contribution in [0.25, 0.3) is 0 Å². The third-order valence-electron chi connectivity index (χ3n) is 2.96. The standard InChI is InChI=1S/C13H15NO2S2/c1-4-10-5-6-12(18-10)11(15)7-14-8(2)9(3)17-13(14)16/h5-6H,4,7H2,1-3H3. The van der Waals surface area contributed by atoms with Crippen molar-refractivity contribution >= 4 is 28.5 Å². The molecule has 0 saturated carbocycles. The van der Waals surface area contributed by atoms with Gasteiger partial charge in [0.05, 0.1) is 11.4 Å². The second kappa shape index (κ2) is 5.20. The van der Waals surface area contributed by atoms with E-state index in [0.29, 0.717) is 0 Å². The van der Waals surface area contributed by atoms with Crippen molar-refractivity contribution in [3.05, 3.63) is 42.1 Å². The highest BCUT2D eigenvalue weighted by Gasteiger charge is 2.14. The van der Waals surface area contributed by atoms with E-state index in [1.54, 1.807) is 4.57 Å². The molecule has 2 aromatic rings. The quantitative estimate of drug-likeness (QED) is 0.808. The molecule has 0 unspecified atom stereocenters. The minimum absolute atomic E-state index is 0.0164. The summed E-state index contributed by atoms with van der Waals surface area (Å²) in [4.78, 5) is 26.7. The molecule has 0 bridgehead atoms. The van der Waals surface area contributed by atoms with E-state index in [0.717, 1.165) is 21.9 Å². The number of Topliss-reactive ketones (excluding diaryl/α,β-unsaturated/α-hetero) is 1. The summed E-state index contributed by atoms with van der Waals surface area (Å²) in [7, 11) is 0. The molecule has 5 heteroatoms. The van der Waals surface area contributed by atoms with Crippen molar-refractivity contribution in [3.8, 4) is 0 Å². The number of carbonyl (C=O) groups is 1. The van der Waals surface area contributed by atoms with Crippen LogP contribution in [0.15, 0.2) is 16.9 Å². The van der Waals surface area contributed by atoms with Crippen LogP contribution in [0, 0.1) is 13.8 Å². The zero-order valence-electron chi connectivity index (χ0n) is 10.6. The van der Waals surface area contributed by atoms with E-state index >= 15 is 0 Å². The van der Waals surface area contributed by atoms with E-state index in [9.17, 15) is 9.59 Å². The Bertz CT molecular complexity index is 634. The molecule has 0 aliphatic heterocycles. The molecule has 0 amide bonds. The smallest absolute Gasteiger partial charge is 0.295 e. The number of thiazole rings is 1. The molecule has 96 valence electrons. The minimum Gasteiger partial charge on any atom is -0.295 e. The molecule has 2 heterocycles. The number of hydrogen-bond acceptors (Lipinski definition) is 4. The van der Waals surface area contributed by atoms with Gasteiger partial charge in [0.1, 0.15) is 0 Å². The maximum atomic E-state index is 12.1. The Kier molecular flexibility index (Phi) is 3.82. The zero-order valence-corrected chi connectivity index (χ0v) is 12.3. The molecule has 0 aromatic carbocycles. The Morgan fingerprint density at radius 2 is 2.00 bits per heavy atom. The van der Waals surface area contributed by atoms with Crippen LogP contribution in [0.2, 0.25) is 0 Å². The number of rotatable bonds is 4. The molecule has 0 spiro atoms. The van der Waals surface area contributed by atoms with Crippen LogP contribution >= 0.6 is 22.7 Å². The number of ketones is 1. The summed E-state index contributed by atoms with van der Waals surface area (Å²) in [5, 5.41) is 0. The number of hydrogen-bond donors (Lipinski definition) is 0. The van der Waals surface area contributed by atoms with E-state index in [2.05, 4.69) is 6.92 Å². The van der Waals surface area contributed by atoms with Crippen molar-refractivity contribution in [1.82, 2.24) is 4.57 Å². The summed E-state index contributed by atoms with van der Waals surface area (Å²) in [5.74, 6) is 0.0164. The average Bonchev–Trinajstić information content (AvgIpc) is 2.90. The minimum atomic E-state index is -0.0504. The Balaban J connectivity index is 2.23. The largest absolute Gasteiger partial charge is 0.307 e. The summed E-state index contributed by atoms with van der Waals surface area (Å²) < 4.78 is 1.56. The Hall–Kier alpha value is -1.20. The lowest BCUT2D eigenvalue weighted by Gasteiger charge is -2.02. The molecule has 2 rings (SSSR count).